The number of halogens is 1. The molecule has 31 heavy (non-hydrogen) atoms. The lowest BCUT2D eigenvalue weighted by Gasteiger charge is -2.39. The number of carbonyl (C=O) groups is 1. The molecule has 1 aliphatic rings. The van der Waals surface area contributed by atoms with Crippen LogP contribution in [0.5, 0.6) is 5.75 Å². The van der Waals surface area contributed by atoms with E-state index in [0.717, 1.165) is 17.7 Å². The van der Waals surface area contributed by atoms with Gasteiger partial charge in [0.2, 0.25) is 15.9 Å². The molecule has 0 N–H and O–H groups in total. The van der Waals surface area contributed by atoms with Gasteiger partial charge in [-0.3, -0.25) is 9.10 Å². The zero-order valence-electron chi connectivity index (χ0n) is 18.0. The quantitative estimate of drug-likeness (QED) is 0.627. The first-order valence-electron chi connectivity index (χ1n) is 10.2. The minimum Gasteiger partial charge on any atom is -0.497 e. The highest BCUT2D eigenvalue weighted by Gasteiger charge is 2.35. The second-order valence-corrected chi connectivity index (χ2v) is 9.77. The molecule has 2 aromatic carbocycles. The Morgan fingerprint density at radius 3 is 2.13 bits per heavy atom. The van der Waals surface area contributed by atoms with Gasteiger partial charge in [-0.25, -0.2) is 8.42 Å². The minimum atomic E-state index is -3.67. The third-order valence-electron chi connectivity index (χ3n) is 5.42. The normalized spacial score (nSPS) is 15.5. The van der Waals surface area contributed by atoms with E-state index in [1.165, 1.54) is 4.31 Å². The number of amides is 1. The van der Waals surface area contributed by atoms with Gasteiger partial charge in [0.1, 0.15) is 11.8 Å². The lowest BCUT2D eigenvalue weighted by molar-refractivity contribution is -0.132. The Kier molecular flexibility index (Phi) is 7.33. The van der Waals surface area contributed by atoms with Gasteiger partial charge in [-0.1, -0.05) is 18.5 Å². The molecule has 0 aliphatic carbocycles. The monoisotopic (exact) mass is 465 g/mol. The van der Waals surface area contributed by atoms with E-state index in [0.29, 0.717) is 43.3 Å². The average molecular weight is 466 g/mol. The molecule has 1 amide bonds. The van der Waals surface area contributed by atoms with Crippen LogP contribution in [0, 0.1) is 0 Å². The first-order chi connectivity index (χ1) is 14.7. The number of hydrogen-bond donors (Lipinski definition) is 0. The topological polar surface area (TPSA) is 70.2 Å². The van der Waals surface area contributed by atoms with E-state index in [4.69, 9.17) is 16.3 Å². The zero-order valence-corrected chi connectivity index (χ0v) is 19.6. The van der Waals surface area contributed by atoms with E-state index in [-0.39, 0.29) is 5.91 Å². The van der Waals surface area contributed by atoms with E-state index < -0.39 is 16.1 Å². The molecule has 168 valence electrons. The summed E-state index contributed by atoms with van der Waals surface area (Å²) in [5.74, 6) is 0.615. The molecule has 1 fully saturated rings. The van der Waals surface area contributed by atoms with Crippen LogP contribution in [0.4, 0.5) is 11.4 Å². The SMILES string of the molecule is CCC(C(=O)N1CCN(c2ccc(OC)cc2)CC1)N(c1ccc(Cl)cc1)S(C)(=O)=O. The highest BCUT2D eigenvalue weighted by Crippen LogP contribution is 2.26. The molecule has 1 atom stereocenters. The summed E-state index contributed by atoms with van der Waals surface area (Å²) >= 11 is 5.95. The number of hydrogen-bond acceptors (Lipinski definition) is 5. The smallest absolute Gasteiger partial charge is 0.246 e. The van der Waals surface area contributed by atoms with E-state index >= 15 is 0 Å². The lowest BCUT2D eigenvalue weighted by Crippen LogP contribution is -2.56. The summed E-state index contributed by atoms with van der Waals surface area (Å²) in [4.78, 5) is 17.3. The number of anilines is 2. The molecule has 0 spiro atoms. The van der Waals surface area contributed by atoms with Crippen LogP contribution in [-0.4, -0.2) is 64.8 Å². The molecule has 2 aromatic rings. The van der Waals surface area contributed by atoms with E-state index in [1.54, 1.807) is 36.3 Å². The van der Waals surface area contributed by atoms with Gasteiger partial charge in [0, 0.05) is 36.9 Å². The van der Waals surface area contributed by atoms with Crippen molar-refractivity contribution in [1.82, 2.24) is 4.90 Å². The summed E-state index contributed by atoms with van der Waals surface area (Å²) in [5, 5.41) is 0.506. The highest BCUT2D eigenvalue weighted by atomic mass is 35.5. The van der Waals surface area contributed by atoms with Crippen molar-refractivity contribution in [2.45, 2.75) is 19.4 Å². The summed E-state index contributed by atoms with van der Waals surface area (Å²) in [6, 6.07) is 13.5. The van der Waals surface area contributed by atoms with Crippen LogP contribution in [0.2, 0.25) is 5.02 Å². The molecule has 9 heteroatoms. The molecular weight excluding hydrogens is 438 g/mol. The number of nitrogens with zero attached hydrogens (tertiary/aromatic N) is 3. The van der Waals surface area contributed by atoms with Crippen molar-refractivity contribution in [2.24, 2.45) is 0 Å². The molecule has 3 rings (SSSR count). The first kappa shape index (κ1) is 23.2. The van der Waals surface area contributed by atoms with Gasteiger partial charge in [-0.2, -0.15) is 0 Å². The maximum absolute atomic E-state index is 13.3. The number of ether oxygens (including phenoxy) is 1. The summed E-state index contributed by atoms with van der Waals surface area (Å²) < 4.78 is 31.6. The Morgan fingerprint density at radius 1 is 1.06 bits per heavy atom. The van der Waals surface area contributed by atoms with Gasteiger partial charge < -0.3 is 14.5 Å². The summed E-state index contributed by atoms with van der Waals surface area (Å²) in [7, 11) is -2.03. The van der Waals surface area contributed by atoms with Crippen molar-refractivity contribution >= 4 is 38.9 Å². The molecule has 1 aliphatic heterocycles. The minimum absolute atomic E-state index is 0.183. The third-order valence-corrected chi connectivity index (χ3v) is 6.85. The van der Waals surface area contributed by atoms with Gasteiger partial charge in [0.15, 0.2) is 0 Å². The molecule has 0 radical (unpaired) electrons. The Bertz CT molecular complexity index is 988. The number of piperazine rings is 1. The molecule has 0 aromatic heterocycles. The van der Waals surface area contributed by atoms with Gasteiger partial charge in [0.25, 0.3) is 0 Å². The Hall–Kier alpha value is -2.45. The van der Waals surface area contributed by atoms with Gasteiger partial charge in [0.05, 0.1) is 19.1 Å². The Morgan fingerprint density at radius 2 is 1.65 bits per heavy atom. The standard InChI is InChI=1S/C22H28ClN3O4S/c1-4-21(26(31(3,28)29)19-7-5-17(23)6-8-19)22(27)25-15-13-24(14-16-25)18-9-11-20(30-2)12-10-18/h5-12,21H,4,13-16H2,1-3H3. The maximum atomic E-state index is 13.3. The Labute approximate surface area is 189 Å². The maximum Gasteiger partial charge on any atom is 0.246 e. The third kappa shape index (κ3) is 5.43. The lowest BCUT2D eigenvalue weighted by atomic mass is 10.1. The molecule has 1 saturated heterocycles. The second kappa shape index (κ2) is 9.78. The summed E-state index contributed by atoms with van der Waals surface area (Å²) in [6.07, 6.45) is 1.49. The van der Waals surface area contributed by atoms with Crippen molar-refractivity contribution < 1.29 is 17.9 Å². The van der Waals surface area contributed by atoms with Crippen LogP contribution in [-0.2, 0) is 14.8 Å². The molecule has 7 nitrogen and oxygen atoms in total. The summed E-state index contributed by atoms with van der Waals surface area (Å²) in [5.41, 5.74) is 1.50. The van der Waals surface area contributed by atoms with Crippen molar-refractivity contribution in [3.8, 4) is 5.75 Å². The van der Waals surface area contributed by atoms with Crippen LogP contribution in [0.15, 0.2) is 48.5 Å². The van der Waals surface area contributed by atoms with Gasteiger partial charge >= 0.3 is 0 Å². The highest BCUT2D eigenvalue weighted by molar-refractivity contribution is 7.92. The number of methoxy groups -OCH3 is 1. The predicted octanol–water partition coefficient (Wildman–Crippen LogP) is 3.24. The van der Waals surface area contributed by atoms with Crippen LogP contribution in [0.1, 0.15) is 13.3 Å². The second-order valence-electron chi connectivity index (χ2n) is 7.47. The van der Waals surface area contributed by atoms with Crippen LogP contribution >= 0.6 is 11.6 Å². The van der Waals surface area contributed by atoms with Crippen LogP contribution in [0.3, 0.4) is 0 Å². The van der Waals surface area contributed by atoms with Crippen molar-refractivity contribution in [3.63, 3.8) is 0 Å². The Balaban J connectivity index is 1.74. The van der Waals surface area contributed by atoms with E-state index in [1.807, 2.05) is 31.2 Å². The van der Waals surface area contributed by atoms with Crippen LogP contribution < -0.4 is 13.9 Å². The van der Waals surface area contributed by atoms with Crippen molar-refractivity contribution in [1.29, 1.82) is 0 Å². The molecule has 0 bridgehead atoms. The number of sulfonamides is 1. The average Bonchev–Trinajstić information content (AvgIpc) is 2.77. The number of rotatable bonds is 7. The number of carbonyl (C=O) groups excluding carboxylic acids is 1. The molecule has 1 heterocycles. The predicted molar refractivity (Wildman–Crippen MR) is 125 cm³/mol. The van der Waals surface area contributed by atoms with E-state index in [2.05, 4.69) is 4.90 Å². The summed E-state index contributed by atoms with van der Waals surface area (Å²) in [6.45, 7) is 4.23. The molecule has 0 saturated carbocycles. The fourth-order valence-corrected chi connectivity index (χ4v) is 5.15. The molecule has 1 unspecified atom stereocenters. The fourth-order valence-electron chi connectivity index (χ4n) is 3.82. The van der Waals surface area contributed by atoms with E-state index in [9.17, 15) is 13.2 Å². The number of benzene rings is 2. The van der Waals surface area contributed by atoms with Gasteiger partial charge in [-0.15, -0.1) is 0 Å². The van der Waals surface area contributed by atoms with Gasteiger partial charge in [-0.05, 0) is 55.0 Å². The molecular formula is C22H28ClN3O4S. The zero-order chi connectivity index (χ0) is 22.6. The van der Waals surface area contributed by atoms with Crippen molar-refractivity contribution in [2.75, 3.05) is 48.7 Å². The fraction of sp³-hybridized carbons (Fsp3) is 0.409. The first-order valence-corrected chi connectivity index (χ1v) is 12.4. The van der Waals surface area contributed by atoms with Crippen LogP contribution in [0.25, 0.3) is 0 Å². The van der Waals surface area contributed by atoms with Crippen molar-refractivity contribution in [3.05, 3.63) is 53.6 Å². The largest absolute Gasteiger partial charge is 0.497 e.